The zero-order valence-electron chi connectivity index (χ0n) is 16.1. The van der Waals surface area contributed by atoms with Crippen molar-refractivity contribution in [2.24, 2.45) is 0 Å². The molecule has 6 heteroatoms. The summed E-state index contributed by atoms with van der Waals surface area (Å²) >= 11 is 0. The van der Waals surface area contributed by atoms with Crippen LogP contribution in [0.2, 0.25) is 0 Å². The Bertz CT molecular complexity index is 803. The molecule has 0 radical (unpaired) electrons. The minimum Gasteiger partial charge on any atom is -0.480 e. The number of carboxylic acids is 1. The van der Waals surface area contributed by atoms with Crippen molar-refractivity contribution < 1.29 is 24.2 Å². The molecule has 2 aromatic carbocycles. The molecule has 0 aliphatic heterocycles. The summed E-state index contributed by atoms with van der Waals surface area (Å²) in [7, 11) is 0. The van der Waals surface area contributed by atoms with E-state index in [1.54, 1.807) is 0 Å². The Hall–Kier alpha value is -2.86. The van der Waals surface area contributed by atoms with Crippen LogP contribution in [0.5, 0.6) is 0 Å². The normalized spacial score (nSPS) is 13.7. The molecule has 1 amide bonds. The highest BCUT2D eigenvalue weighted by Gasteiger charge is 2.29. The quantitative estimate of drug-likeness (QED) is 0.724. The molecule has 0 fully saturated rings. The van der Waals surface area contributed by atoms with Crippen LogP contribution in [0.1, 0.15) is 37.3 Å². The molecule has 0 bridgehead atoms. The third kappa shape index (κ3) is 4.51. The summed E-state index contributed by atoms with van der Waals surface area (Å²) in [6.45, 7) is 4.14. The SMILES string of the molecule is CC(C)OCC[C@H](NC(=O)OCC1c2ccccc2-c2ccccc21)C(=O)O. The summed E-state index contributed by atoms with van der Waals surface area (Å²) < 4.78 is 10.8. The Morgan fingerprint density at radius 1 is 1.04 bits per heavy atom. The topological polar surface area (TPSA) is 84.9 Å². The molecule has 0 saturated heterocycles. The Morgan fingerprint density at radius 2 is 1.61 bits per heavy atom. The van der Waals surface area contributed by atoms with Gasteiger partial charge in [0.15, 0.2) is 0 Å². The van der Waals surface area contributed by atoms with Gasteiger partial charge in [0.2, 0.25) is 0 Å². The first kappa shape index (κ1) is 19.9. The van der Waals surface area contributed by atoms with E-state index >= 15 is 0 Å². The van der Waals surface area contributed by atoms with Crippen molar-refractivity contribution in [1.29, 1.82) is 0 Å². The molecule has 0 aromatic heterocycles. The first-order valence-electron chi connectivity index (χ1n) is 9.43. The standard InChI is InChI=1S/C22H25NO5/c1-14(2)27-12-11-20(21(24)25)23-22(26)28-13-19-17-9-5-3-7-15(17)16-8-4-6-10-18(16)19/h3-10,14,19-20H,11-13H2,1-2H3,(H,23,26)(H,24,25)/t20-/m0/s1. The molecule has 0 heterocycles. The van der Waals surface area contributed by atoms with Crippen LogP contribution in [0, 0.1) is 0 Å². The first-order chi connectivity index (χ1) is 13.5. The number of hydrogen-bond acceptors (Lipinski definition) is 4. The molecule has 0 saturated carbocycles. The fourth-order valence-corrected chi connectivity index (χ4v) is 3.46. The van der Waals surface area contributed by atoms with Gasteiger partial charge in [-0.05, 0) is 36.1 Å². The number of alkyl carbamates (subject to hydrolysis) is 1. The van der Waals surface area contributed by atoms with E-state index in [0.29, 0.717) is 0 Å². The van der Waals surface area contributed by atoms with Gasteiger partial charge in [-0.15, -0.1) is 0 Å². The van der Waals surface area contributed by atoms with Crippen LogP contribution < -0.4 is 5.32 Å². The van der Waals surface area contributed by atoms with E-state index in [2.05, 4.69) is 17.4 Å². The summed E-state index contributed by atoms with van der Waals surface area (Å²) in [6, 6.07) is 15.0. The van der Waals surface area contributed by atoms with Gasteiger partial charge in [-0.1, -0.05) is 48.5 Å². The smallest absolute Gasteiger partial charge is 0.407 e. The second kappa shape index (κ2) is 8.89. The number of nitrogens with one attached hydrogen (secondary N) is 1. The van der Waals surface area contributed by atoms with E-state index in [0.717, 1.165) is 22.3 Å². The molecule has 28 heavy (non-hydrogen) atoms. The van der Waals surface area contributed by atoms with Crippen molar-refractivity contribution in [2.75, 3.05) is 13.2 Å². The maximum Gasteiger partial charge on any atom is 0.407 e. The van der Waals surface area contributed by atoms with Crippen LogP contribution in [0.3, 0.4) is 0 Å². The predicted octanol–water partition coefficient (Wildman–Crippen LogP) is 3.79. The van der Waals surface area contributed by atoms with E-state index in [1.807, 2.05) is 50.2 Å². The maximum absolute atomic E-state index is 12.2. The number of amides is 1. The molecule has 1 atom stereocenters. The zero-order chi connectivity index (χ0) is 20.1. The predicted molar refractivity (Wildman–Crippen MR) is 105 cm³/mol. The third-order valence-corrected chi connectivity index (χ3v) is 4.79. The highest BCUT2D eigenvalue weighted by atomic mass is 16.5. The van der Waals surface area contributed by atoms with Crippen molar-refractivity contribution in [3.63, 3.8) is 0 Å². The van der Waals surface area contributed by atoms with Crippen LogP contribution in [0.15, 0.2) is 48.5 Å². The number of fused-ring (bicyclic) bond motifs is 3. The van der Waals surface area contributed by atoms with Crippen LogP contribution in [-0.4, -0.2) is 42.5 Å². The van der Waals surface area contributed by atoms with E-state index in [-0.39, 0.29) is 31.7 Å². The molecule has 148 valence electrons. The highest BCUT2D eigenvalue weighted by Crippen LogP contribution is 2.44. The van der Waals surface area contributed by atoms with Gasteiger partial charge in [-0.25, -0.2) is 9.59 Å². The average molecular weight is 383 g/mol. The second-order valence-corrected chi connectivity index (χ2v) is 7.07. The van der Waals surface area contributed by atoms with Crippen LogP contribution in [-0.2, 0) is 14.3 Å². The fraction of sp³-hybridized carbons (Fsp3) is 0.364. The molecule has 2 aromatic rings. The molecule has 3 rings (SSSR count). The highest BCUT2D eigenvalue weighted by molar-refractivity contribution is 5.81. The van der Waals surface area contributed by atoms with E-state index in [1.165, 1.54) is 0 Å². The molecule has 1 aliphatic carbocycles. The van der Waals surface area contributed by atoms with Gasteiger partial charge in [-0.3, -0.25) is 0 Å². The molecular formula is C22H25NO5. The monoisotopic (exact) mass is 383 g/mol. The van der Waals surface area contributed by atoms with E-state index < -0.39 is 18.1 Å². The van der Waals surface area contributed by atoms with Gasteiger partial charge < -0.3 is 19.9 Å². The first-order valence-corrected chi connectivity index (χ1v) is 9.43. The number of ether oxygens (including phenoxy) is 2. The second-order valence-electron chi connectivity index (χ2n) is 7.07. The molecule has 6 nitrogen and oxygen atoms in total. The minimum atomic E-state index is -1.11. The molecule has 0 unspecified atom stereocenters. The third-order valence-electron chi connectivity index (χ3n) is 4.79. The lowest BCUT2D eigenvalue weighted by atomic mass is 9.98. The zero-order valence-corrected chi connectivity index (χ0v) is 16.1. The lowest BCUT2D eigenvalue weighted by Crippen LogP contribution is -2.42. The largest absolute Gasteiger partial charge is 0.480 e. The minimum absolute atomic E-state index is 0.00361. The van der Waals surface area contributed by atoms with Gasteiger partial charge in [0.25, 0.3) is 0 Å². The van der Waals surface area contributed by atoms with Crippen molar-refractivity contribution >= 4 is 12.1 Å². The summed E-state index contributed by atoms with van der Waals surface area (Å²) in [5, 5.41) is 11.7. The van der Waals surface area contributed by atoms with Gasteiger partial charge in [-0.2, -0.15) is 0 Å². The summed E-state index contributed by atoms with van der Waals surface area (Å²) in [5.41, 5.74) is 4.50. The summed E-state index contributed by atoms with van der Waals surface area (Å²) in [6.07, 6.45) is -0.555. The number of hydrogen-bond donors (Lipinski definition) is 2. The number of carbonyl (C=O) groups excluding carboxylic acids is 1. The molecule has 2 N–H and O–H groups in total. The molecule has 1 aliphatic rings. The molecule has 0 spiro atoms. The Morgan fingerprint density at radius 3 is 2.14 bits per heavy atom. The van der Waals surface area contributed by atoms with Crippen LogP contribution >= 0.6 is 0 Å². The van der Waals surface area contributed by atoms with Crippen molar-refractivity contribution in [3.8, 4) is 11.1 Å². The van der Waals surface area contributed by atoms with E-state index in [4.69, 9.17) is 9.47 Å². The lowest BCUT2D eigenvalue weighted by Gasteiger charge is -2.18. The summed E-state index contributed by atoms with van der Waals surface area (Å²) in [5.74, 6) is -1.17. The maximum atomic E-state index is 12.2. The number of benzene rings is 2. The number of carboxylic acid groups (broad SMARTS) is 1. The van der Waals surface area contributed by atoms with Crippen LogP contribution in [0.25, 0.3) is 11.1 Å². The van der Waals surface area contributed by atoms with Gasteiger partial charge in [0.05, 0.1) is 6.10 Å². The summed E-state index contributed by atoms with van der Waals surface area (Å²) in [4.78, 5) is 23.6. The fourth-order valence-electron chi connectivity index (χ4n) is 3.46. The Balaban J connectivity index is 1.62. The van der Waals surface area contributed by atoms with Crippen molar-refractivity contribution in [1.82, 2.24) is 5.32 Å². The Labute approximate surface area is 164 Å². The average Bonchev–Trinajstić information content (AvgIpc) is 2.99. The molecular weight excluding hydrogens is 358 g/mol. The number of carbonyl (C=O) groups is 2. The van der Waals surface area contributed by atoms with Crippen molar-refractivity contribution in [3.05, 3.63) is 59.7 Å². The number of aliphatic carboxylic acids is 1. The van der Waals surface area contributed by atoms with E-state index in [9.17, 15) is 14.7 Å². The van der Waals surface area contributed by atoms with Gasteiger partial charge in [0.1, 0.15) is 12.6 Å². The van der Waals surface area contributed by atoms with Crippen LogP contribution in [0.4, 0.5) is 4.79 Å². The lowest BCUT2D eigenvalue weighted by molar-refractivity contribution is -0.140. The van der Waals surface area contributed by atoms with Gasteiger partial charge >= 0.3 is 12.1 Å². The van der Waals surface area contributed by atoms with Gasteiger partial charge in [0, 0.05) is 18.9 Å². The Kier molecular flexibility index (Phi) is 6.31. The number of rotatable bonds is 8. The van der Waals surface area contributed by atoms with Crippen molar-refractivity contribution in [2.45, 2.75) is 38.3 Å².